The molecule has 4 nitrogen and oxygen atoms in total. The molecule has 1 aliphatic rings. The van der Waals surface area contributed by atoms with Gasteiger partial charge in [-0.25, -0.2) is 0 Å². The molecule has 30 heavy (non-hydrogen) atoms. The van der Waals surface area contributed by atoms with Gasteiger partial charge < -0.3 is 15.8 Å². The highest BCUT2D eigenvalue weighted by molar-refractivity contribution is 5.93. The third-order valence-corrected chi connectivity index (χ3v) is 5.16. The molecule has 0 aliphatic carbocycles. The average molecular weight is 412 g/mol. The van der Waals surface area contributed by atoms with E-state index in [0.29, 0.717) is 22.6 Å². The summed E-state index contributed by atoms with van der Waals surface area (Å²) in [5.41, 5.74) is 6.81. The van der Waals surface area contributed by atoms with Gasteiger partial charge in [0.05, 0.1) is 5.92 Å². The highest BCUT2D eigenvalue weighted by Gasteiger charge is 2.48. The summed E-state index contributed by atoms with van der Waals surface area (Å²) in [5, 5.41) is 2.95. The smallest absolute Gasteiger partial charge is 0.397 e. The lowest BCUT2D eigenvalue weighted by molar-refractivity contribution is -0.157. The van der Waals surface area contributed by atoms with Gasteiger partial charge in [0, 0.05) is 18.2 Å². The van der Waals surface area contributed by atoms with Crippen LogP contribution in [-0.4, -0.2) is 12.1 Å². The second-order valence-electron chi connectivity index (χ2n) is 7.14. The Bertz CT molecular complexity index is 1070. The largest absolute Gasteiger partial charge is 0.457 e. The van der Waals surface area contributed by atoms with Crippen molar-refractivity contribution in [2.75, 3.05) is 0 Å². The number of fused-ring (bicyclic) bond motifs is 1. The van der Waals surface area contributed by atoms with E-state index in [1.54, 1.807) is 48.5 Å². The lowest BCUT2D eigenvalue weighted by Gasteiger charge is -2.28. The molecule has 1 unspecified atom stereocenters. The minimum Gasteiger partial charge on any atom is -0.457 e. The quantitative estimate of drug-likeness (QED) is 0.615. The first-order chi connectivity index (χ1) is 14.3. The number of carbonyl (C=O) groups is 1. The van der Waals surface area contributed by atoms with Crippen LogP contribution >= 0.6 is 0 Å². The SMILES string of the molecule is NC(=O)c1ccc2c(c1)CNC2[C@@H](c1cccc(Oc2ccccc2)c1)C(F)(F)F. The van der Waals surface area contributed by atoms with Gasteiger partial charge in [-0.05, 0) is 53.1 Å². The summed E-state index contributed by atoms with van der Waals surface area (Å²) in [6, 6.07) is 18.5. The highest BCUT2D eigenvalue weighted by Crippen LogP contribution is 2.47. The van der Waals surface area contributed by atoms with E-state index in [1.807, 2.05) is 6.07 Å². The van der Waals surface area contributed by atoms with Crippen molar-refractivity contribution in [1.82, 2.24) is 5.32 Å². The van der Waals surface area contributed by atoms with Crippen molar-refractivity contribution in [2.45, 2.75) is 24.7 Å². The van der Waals surface area contributed by atoms with Crippen LogP contribution in [0, 0.1) is 0 Å². The summed E-state index contributed by atoms with van der Waals surface area (Å²) in [5.74, 6) is -1.52. The van der Waals surface area contributed by atoms with Crippen LogP contribution in [0.4, 0.5) is 13.2 Å². The molecule has 0 fully saturated rings. The maximum atomic E-state index is 14.2. The van der Waals surface area contributed by atoms with Gasteiger partial charge in [0.25, 0.3) is 0 Å². The van der Waals surface area contributed by atoms with Gasteiger partial charge in [0.1, 0.15) is 11.5 Å². The molecule has 0 spiro atoms. The van der Waals surface area contributed by atoms with E-state index in [2.05, 4.69) is 5.32 Å². The van der Waals surface area contributed by atoms with E-state index in [-0.39, 0.29) is 17.7 Å². The first-order valence-corrected chi connectivity index (χ1v) is 9.38. The molecule has 2 atom stereocenters. The Labute approximate surface area is 171 Å². The van der Waals surface area contributed by atoms with Gasteiger partial charge in [-0.15, -0.1) is 0 Å². The van der Waals surface area contributed by atoms with Crippen LogP contribution in [0.15, 0.2) is 72.8 Å². The van der Waals surface area contributed by atoms with Gasteiger partial charge in [-0.3, -0.25) is 4.79 Å². The second kappa shape index (κ2) is 7.84. The molecule has 7 heteroatoms. The molecule has 0 bridgehead atoms. The third-order valence-electron chi connectivity index (χ3n) is 5.16. The minimum atomic E-state index is -4.49. The van der Waals surface area contributed by atoms with Gasteiger partial charge in [-0.2, -0.15) is 13.2 Å². The van der Waals surface area contributed by atoms with Crippen LogP contribution < -0.4 is 15.8 Å². The molecule has 4 rings (SSSR count). The predicted molar refractivity (Wildman–Crippen MR) is 106 cm³/mol. The fourth-order valence-electron chi connectivity index (χ4n) is 3.81. The first kappa shape index (κ1) is 20.0. The lowest BCUT2D eigenvalue weighted by atomic mass is 9.86. The van der Waals surface area contributed by atoms with Crippen molar-refractivity contribution in [2.24, 2.45) is 5.73 Å². The summed E-state index contributed by atoms with van der Waals surface area (Å²) >= 11 is 0. The Morgan fingerprint density at radius 3 is 2.43 bits per heavy atom. The van der Waals surface area contributed by atoms with Crippen molar-refractivity contribution >= 4 is 5.91 Å². The van der Waals surface area contributed by atoms with E-state index in [1.165, 1.54) is 18.2 Å². The molecule has 1 aliphatic heterocycles. The molecular formula is C23H19F3N2O2. The number of benzene rings is 3. The lowest BCUT2D eigenvalue weighted by Crippen LogP contribution is -2.32. The maximum absolute atomic E-state index is 14.2. The molecule has 3 aromatic rings. The van der Waals surface area contributed by atoms with Crippen molar-refractivity contribution in [3.63, 3.8) is 0 Å². The molecular weight excluding hydrogens is 393 g/mol. The molecule has 1 heterocycles. The number of hydrogen-bond donors (Lipinski definition) is 2. The molecule has 3 aromatic carbocycles. The molecule has 3 N–H and O–H groups in total. The Hall–Kier alpha value is -3.32. The summed E-state index contributed by atoms with van der Waals surface area (Å²) < 4.78 is 48.2. The van der Waals surface area contributed by atoms with E-state index >= 15 is 0 Å². The van der Waals surface area contributed by atoms with Crippen LogP contribution in [-0.2, 0) is 6.54 Å². The number of amides is 1. The zero-order valence-electron chi connectivity index (χ0n) is 15.8. The Balaban J connectivity index is 1.69. The number of rotatable bonds is 5. The van der Waals surface area contributed by atoms with Crippen molar-refractivity contribution in [3.8, 4) is 11.5 Å². The topological polar surface area (TPSA) is 64.4 Å². The molecule has 1 amide bonds. The molecule has 0 saturated carbocycles. The monoisotopic (exact) mass is 412 g/mol. The fourth-order valence-corrected chi connectivity index (χ4v) is 3.81. The minimum absolute atomic E-state index is 0.0975. The number of nitrogens with one attached hydrogen (secondary N) is 1. The Kier molecular flexibility index (Phi) is 5.22. The van der Waals surface area contributed by atoms with E-state index in [0.717, 1.165) is 0 Å². The number of primary amides is 1. The first-order valence-electron chi connectivity index (χ1n) is 9.38. The predicted octanol–water partition coefficient (Wildman–Crippen LogP) is 5.07. The van der Waals surface area contributed by atoms with Crippen molar-refractivity contribution in [3.05, 3.63) is 95.1 Å². The average Bonchev–Trinajstić information content (AvgIpc) is 3.11. The molecule has 0 aromatic heterocycles. The molecule has 0 radical (unpaired) electrons. The van der Waals surface area contributed by atoms with Gasteiger partial charge in [0.15, 0.2) is 0 Å². The standard InChI is InChI=1S/C23H19F3N2O2/c24-23(25,26)20(21-19-10-9-15(22(27)29)11-16(19)13-28-21)14-5-4-8-18(12-14)30-17-6-2-1-3-7-17/h1-12,20-21,28H,13H2,(H2,27,29)/t20-,21?/m1/s1. The van der Waals surface area contributed by atoms with Gasteiger partial charge >= 0.3 is 6.18 Å². The van der Waals surface area contributed by atoms with Crippen LogP contribution in [0.5, 0.6) is 11.5 Å². The van der Waals surface area contributed by atoms with E-state index in [9.17, 15) is 18.0 Å². The van der Waals surface area contributed by atoms with E-state index in [4.69, 9.17) is 10.5 Å². The van der Waals surface area contributed by atoms with Crippen LogP contribution in [0.1, 0.15) is 39.0 Å². The second-order valence-corrected chi connectivity index (χ2v) is 7.14. The normalized spacial score (nSPS) is 16.7. The summed E-state index contributed by atoms with van der Waals surface area (Å²) in [7, 11) is 0. The van der Waals surface area contributed by atoms with Crippen molar-refractivity contribution in [1.29, 1.82) is 0 Å². The van der Waals surface area contributed by atoms with Crippen LogP contribution in [0.25, 0.3) is 0 Å². The van der Waals surface area contributed by atoms with Crippen LogP contribution in [0.2, 0.25) is 0 Å². The maximum Gasteiger partial charge on any atom is 0.397 e. The summed E-state index contributed by atoms with van der Waals surface area (Å²) in [4.78, 5) is 11.4. The Morgan fingerprint density at radius 1 is 1.00 bits per heavy atom. The number of halogens is 3. The van der Waals surface area contributed by atoms with Crippen molar-refractivity contribution < 1.29 is 22.7 Å². The van der Waals surface area contributed by atoms with Gasteiger partial charge in [-0.1, -0.05) is 36.4 Å². The number of para-hydroxylation sites is 1. The fraction of sp³-hybridized carbons (Fsp3) is 0.174. The van der Waals surface area contributed by atoms with E-state index < -0.39 is 24.0 Å². The number of alkyl halides is 3. The van der Waals surface area contributed by atoms with Gasteiger partial charge in [0.2, 0.25) is 5.91 Å². The summed E-state index contributed by atoms with van der Waals surface area (Å²) in [6.07, 6.45) is -4.49. The number of carbonyl (C=O) groups excluding carboxylic acids is 1. The zero-order chi connectivity index (χ0) is 21.3. The van der Waals surface area contributed by atoms with Crippen LogP contribution in [0.3, 0.4) is 0 Å². The zero-order valence-corrected chi connectivity index (χ0v) is 15.8. The number of nitrogens with two attached hydrogens (primary N) is 1. The molecule has 154 valence electrons. The third kappa shape index (κ3) is 4.02. The molecule has 0 saturated heterocycles. The highest BCUT2D eigenvalue weighted by atomic mass is 19.4. The summed E-state index contributed by atoms with van der Waals surface area (Å²) in [6.45, 7) is 0.230. The number of ether oxygens (including phenoxy) is 1. The Morgan fingerprint density at radius 2 is 1.73 bits per heavy atom. The number of hydrogen-bond acceptors (Lipinski definition) is 3.